The number of carbonyl (C=O) groups is 1. The van der Waals surface area contributed by atoms with Gasteiger partial charge in [0.1, 0.15) is 12.2 Å². The van der Waals surface area contributed by atoms with Crippen LogP contribution in [0.4, 0.5) is 0 Å². The van der Waals surface area contributed by atoms with Gasteiger partial charge in [-0.2, -0.15) is 0 Å². The minimum Gasteiger partial charge on any atom is -0.338 e. The van der Waals surface area contributed by atoms with E-state index in [0.717, 1.165) is 30.8 Å². The van der Waals surface area contributed by atoms with Crippen molar-refractivity contribution in [2.24, 2.45) is 0 Å². The van der Waals surface area contributed by atoms with Gasteiger partial charge in [-0.1, -0.05) is 12.1 Å². The minimum absolute atomic E-state index is 0.0581. The lowest BCUT2D eigenvalue weighted by Gasteiger charge is -2.32. The monoisotopic (exact) mass is 417 g/mol. The maximum Gasteiger partial charge on any atom is 0.246 e. The number of aromatic nitrogens is 3. The van der Waals surface area contributed by atoms with Gasteiger partial charge in [-0.15, -0.1) is 10.2 Å². The van der Waals surface area contributed by atoms with Crippen molar-refractivity contribution in [1.29, 1.82) is 0 Å². The number of carbonyl (C=O) groups excluding carboxylic acids is 1. The Morgan fingerprint density at radius 1 is 1.28 bits per heavy atom. The van der Waals surface area contributed by atoms with Crippen LogP contribution >= 0.6 is 0 Å². The first kappa shape index (κ1) is 21.2. The first-order valence-electron chi connectivity index (χ1n) is 9.72. The molecule has 156 valence electrons. The molecule has 1 N–H and O–H groups in total. The van der Waals surface area contributed by atoms with Crippen molar-refractivity contribution in [2.45, 2.75) is 43.5 Å². The van der Waals surface area contributed by atoms with E-state index in [1.54, 1.807) is 24.5 Å². The Kier molecular flexibility index (Phi) is 6.49. The SMILES string of the molecule is CNS(=O)(=O)c1ccc(/C=C/C(=O)N2CCCC(c3nncn3C(C)C)C2)cc1. The third-order valence-electron chi connectivity index (χ3n) is 5.13. The predicted octanol–water partition coefficient (Wildman–Crippen LogP) is 2.19. The van der Waals surface area contributed by atoms with Crippen LogP contribution in [0.5, 0.6) is 0 Å². The Balaban J connectivity index is 1.66. The zero-order valence-corrected chi connectivity index (χ0v) is 17.8. The molecule has 8 nitrogen and oxygen atoms in total. The molecular weight excluding hydrogens is 390 g/mol. The second-order valence-electron chi connectivity index (χ2n) is 7.42. The fraction of sp³-hybridized carbons (Fsp3) is 0.450. The number of hydrogen-bond acceptors (Lipinski definition) is 5. The summed E-state index contributed by atoms with van der Waals surface area (Å²) in [5, 5.41) is 8.33. The second kappa shape index (κ2) is 8.87. The molecule has 2 aromatic rings. The van der Waals surface area contributed by atoms with E-state index in [4.69, 9.17) is 0 Å². The van der Waals surface area contributed by atoms with Crippen molar-refractivity contribution in [3.63, 3.8) is 0 Å². The van der Waals surface area contributed by atoms with Crippen LogP contribution in [0.15, 0.2) is 41.6 Å². The highest BCUT2D eigenvalue weighted by Crippen LogP contribution is 2.27. The number of sulfonamides is 1. The number of likely N-dealkylation sites (tertiary alicyclic amines) is 1. The number of piperidine rings is 1. The lowest BCUT2D eigenvalue weighted by molar-refractivity contribution is -0.127. The average molecular weight is 418 g/mol. The third-order valence-corrected chi connectivity index (χ3v) is 6.56. The minimum atomic E-state index is -3.46. The van der Waals surface area contributed by atoms with E-state index in [9.17, 15) is 13.2 Å². The first-order chi connectivity index (χ1) is 13.8. The maximum absolute atomic E-state index is 12.7. The van der Waals surface area contributed by atoms with Gasteiger partial charge >= 0.3 is 0 Å². The van der Waals surface area contributed by atoms with E-state index in [1.807, 2.05) is 4.90 Å². The van der Waals surface area contributed by atoms with Gasteiger partial charge in [0.25, 0.3) is 0 Å². The molecule has 0 aliphatic carbocycles. The fourth-order valence-electron chi connectivity index (χ4n) is 3.48. The van der Waals surface area contributed by atoms with Gasteiger partial charge in [0.05, 0.1) is 4.90 Å². The molecule has 1 aliphatic rings. The van der Waals surface area contributed by atoms with Crippen molar-refractivity contribution >= 4 is 22.0 Å². The van der Waals surface area contributed by atoms with E-state index in [1.165, 1.54) is 25.3 Å². The topological polar surface area (TPSA) is 97.2 Å². The maximum atomic E-state index is 12.7. The standard InChI is InChI=1S/C20H27N5O3S/c1-15(2)25-14-22-23-20(25)17-5-4-12-24(13-17)19(26)11-8-16-6-9-18(10-7-16)29(27,28)21-3/h6-11,14-15,17,21H,4-5,12-13H2,1-3H3/b11-8+. The average Bonchev–Trinajstić information content (AvgIpc) is 3.23. The van der Waals surface area contributed by atoms with E-state index < -0.39 is 10.0 Å². The highest BCUT2D eigenvalue weighted by Gasteiger charge is 2.27. The van der Waals surface area contributed by atoms with Crippen molar-refractivity contribution < 1.29 is 13.2 Å². The second-order valence-corrected chi connectivity index (χ2v) is 9.31. The van der Waals surface area contributed by atoms with Crippen LogP contribution < -0.4 is 4.72 Å². The summed E-state index contributed by atoms with van der Waals surface area (Å²) in [5.74, 6) is 1.05. The van der Waals surface area contributed by atoms with Crippen LogP contribution in [-0.4, -0.2) is 54.1 Å². The molecule has 0 bridgehead atoms. The van der Waals surface area contributed by atoms with Gasteiger partial charge in [-0.05, 0) is 57.5 Å². The zero-order valence-electron chi connectivity index (χ0n) is 16.9. The Bertz CT molecular complexity index is 980. The van der Waals surface area contributed by atoms with E-state index in [-0.39, 0.29) is 22.8 Å². The fourth-order valence-corrected chi connectivity index (χ4v) is 4.21. The smallest absolute Gasteiger partial charge is 0.246 e. The number of amides is 1. The van der Waals surface area contributed by atoms with Crippen LogP contribution in [0, 0.1) is 0 Å². The lowest BCUT2D eigenvalue weighted by Crippen LogP contribution is -2.39. The molecule has 1 saturated heterocycles. The molecule has 2 heterocycles. The summed E-state index contributed by atoms with van der Waals surface area (Å²) in [6.45, 7) is 5.52. The highest BCUT2D eigenvalue weighted by molar-refractivity contribution is 7.89. The summed E-state index contributed by atoms with van der Waals surface area (Å²) in [7, 11) is -2.09. The van der Waals surface area contributed by atoms with Crippen LogP contribution in [0.3, 0.4) is 0 Å². The molecule has 1 aliphatic heterocycles. The molecular formula is C20H27N5O3S. The number of hydrogen-bond donors (Lipinski definition) is 1. The van der Waals surface area contributed by atoms with Crippen LogP contribution in [-0.2, 0) is 14.8 Å². The summed E-state index contributed by atoms with van der Waals surface area (Å²) >= 11 is 0. The predicted molar refractivity (Wildman–Crippen MR) is 111 cm³/mol. The molecule has 1 unspecified atom stereocenters. The summed E-state index contributed by atoms with van der Waals surface area (Å²) in [4.78, 5) is 14.7. The summed E-state index contributed by atoms with van der Waals surface area (Å²) in [5.41, 5.74) is 0.765. The molecule has 1 aromatic carbocycles. The molecule has 9 heteroatoms. The highest BCUT2D eigenvalue weighted by atomic mass is 32.2. The third kappa shape index (κ3) is 4.91. The van der Waals surface area contributed by atoms with Crippen LogP contribution in [0.2, 0.25) is 0 Å². The van der Waals surface area contributed by atoms with Gasteiger partial charge < -0.3 is 9.47 Å². The van der Waals surface area contributed by atoms with Gasteiger partial charge in [0.2, 0.25) is 15.9 Å². The largest absolute Gasteiger partial charge is 0.338 e. The van der Waals surface area contributed by atoms with Gasteiger partial charge in [-0.25, -0.2) is 13.1 Å². The molecule has 0 spiro atoms. The zero-order chi connectivity index (χ0) is 21.0. The summed E-state index contributed by atoms with van der Waals surface area (Å²) in [6, 6.07) is 6.67. The van der Waals surface area contributed by atoms with E-state index in [2.05, 4.69) is 33.3 Å². The van der Waals surface area contributed by atoms with Gasteiger partial charge in [0.15, 0.2) is 0 Å². The molecule has 1 aromatic heterocycles. The molecule has 0 radical (unpaired) electrons. The molecule has 29 heavy (non-hydrogen) atoms. The first-order valence-corrected chi connectivity index (χ1v) is 11.2. The lowest BCUT2D eigenvalue weighted by atomic mass is 9.96. The van der Waals surface area contributed by atoms with E-state index in [0.29, 0.717) is 6.54 Å². The molecule has 1 fully saturated rings. The molecule has 0 saturated carbocycles. The summed E-state index contributed by atoms with van der Waals surface area (Å²) < 4.78 is 27.9. The Labute approximate surface area is 171 Å². The van der Waals surface area contributed by atoms with E-state index >= 15 is 0 Å². The van der Waals surface area contributed by atoms with Gasteiger partial charge in [0, 0.05) is 31.1 Å². The molecule has 1 amide bonds. The Hall–Kier alpha value is -2.52. The van der Waals surface area contributed by atoms with Gasteiger partial charge in [-0.3, -0.25) is 4.79 Å². The van der Waals surface area contributed by atoms with Crippen molar-refractivity contribution in [2.75, 3.05) is 20.1 Å². The number of rotatable bonds is 6. The Morgan fingerprint density at radius 3 is 2.66 bits per heavy atom. The molecule has 1 atom stereocenters. The summed E-state index contributed by atoms with van der Waals surface area (Å²) in [6.07, 6.45) is 6.90. The number of nitrogens with one attached hydrogen (secondary N) is 1. The van der Waals surface area contributed by atoms with Crippen LogP contribution in [0.25, 0.3) is 6.08 Å². The van der Waals surface area contributed by atoms with Crippen LogP contribution in [0.1, 0.15) is 50.0 Å². The van der Waals surface area contributed by atoms with Crippen molar-refractivity contribution in [3.05, 3.63) is 48.1 Å². The quantitative estimate of drug-likeness (QED) is 0.727. The van der Waals surface area contributed by atoms with Crippen molar-refractivity contribution in [3.8, 4) is 0 Å². The Morgan fingerprint density at radius 2 is 2.00 bits per heavy atom. The molecule has 3 rings (SSSR count). The normalized spacial score (nSPS) is 17.9. The number of benzene rings is 1. The van der Waals surface area contributed by atoms with Crippen molar-refractivity contribution in [1.82, 2.24) is 24.4 Å². The number of nitrogens with zero attached hydrogens (tertiary/aromatic N) is 4.